The fourth-order valence-electron chi connectivity index (χ4n) is 4.20. The summed E-state index contributed by atoms with van der Waals surface area (Å²) in [6.45, 7) is 1.44. The van der Waals surface area contributed by atoms with E-state index in [1.165, 1.54) is 7.11 Å². The maximum absolute atomic E-state index is 13.3. The molecule has 0 aromatic carbocycles. The Labute approximate surface area is 222 Å². The van der Waals surface area contributed by atoms with Gasteiger partial charge in [-0.3, -0.25) is 9.59 Å². The van der Waals surface area contributed by atoms with E-state index in [1.54, 1.807) is 22.3 Å². The fraction of sp³-hybridized carbons (Fsp3) is 0.545. The molecule has 16 heteroatoms. The first-order valence-corrected chi connectivity index (χ1v) is 14.0. The van der Waals surface area contributed by atoms with Gasteiger partial charge in [0.05, 0.1) is 44.1 Å². The average molecular weight is 577 g/mol. The molecular formula is C22H26ClF3N5O6Si. The van der Waals surface area contributed by atoms with Crippen molar-refractivity contribution in [3.63, 3.8) is 0 Å². The van der Waals surface area contributed by atoms with Crippen molar-refractivity contribution in [2.24, 2.45) is 0 Å². The van der Waals surface area contributed by atoms with Gasteiger partial charge in [-0.15, -0.1) is 0 Å². The van der Waals surface area contributed by atoms with Crippen molar-refractivity contribution < 1.29 is 36.9 Å². The van der Waals surface area contributed by atoms with Crippen LogP contribution in [0.5, 0.6) is 11.5 Å². The summed E-state index contributed by atoms with van der Waals surface area (Å²) in [5.74, 6) is 0.593. The minimum Gasteiger partial charge on any atom is -0.490 e. The molecule has 1 fully saturated rings. The molecule has 1 atom stereocenters. The van der Waals surface area contributed by atoms with Gasteiger partial charge in [0.25, 0.3) is 5.56 Å². The fourth-order valence-corrected chi connectivity index (χ4v) is 6.94. The molecule has 4 rings (SSSR count). The summed E-state index contributed by atoms with van der Waals surface area (Å²) in [6, 6.07) is 2.56. The molecule has 1 N–H and O–H groups in total. The topological polar surface area (TPSA) is 119 Å². The number of hydrogen-bond donors (Lipinski definition) is 1. The molecule has 2 aliphatic heterocycles. The third kappa shape index (κ3) is 6.75. The van der Waals surface area contributed by atoms with Gasteiger partial charge in [0.1, 0.15) is 6.10 Å². The molecule has 207 valence electrons. The summed E-state index contributed by atoms with van der Waals surface area (Å²) in [5.41, 5.74) is -2.90. The van der Waals surface area contributed by atoms with Crippen molar-refractivity contribution in [1.29, 1.82) is 0 Å². The lowest BCUT2D eigenvalue weighted by atomic mass is 10.2. The van der Waals surface area contributed by atoms with Gasteiger partial charge in [-0.25, -0.2) is 10.1 Å². The van der Waals surface area contributed by atoms with E-state index in [4.69, 9.17) is 30.5 Å². The minimum atomic E-state index is -4.93. The highest BCUT2D eigenvalue weighted by atomic mass is 35.5. The number of nitrogens with zero attached hydrogens (tertiary/aromatic N) is 4. The summed E-state index contributed by atoms with van der Waals surface area (Å²) in [5, 5.41) is 5.63. The molecule has 0 aliphatic carbocycles. The molecule has 4 heterocycles. The number of pyridine rings is 1. The third-order valence-electron chi connectivity index (χ3n) is 5.92. The Morgan fingerprint density at radius 1 is 1.32 bits per heavy atom. The number of nitrogens with one attached hydrogen (secondary N) is 1. The number of H-pyrrole nitrogens is 1. The number of carbonyl (C=O) groups is 1. The van der Waals surface area contributed by atoms with Crippen molar-refractivity contribution in [3.8, 4) is 11.5 Å². The van der Waals surface area contributed by atoms with Crippen LogP contribution >= 0.6 is 11.6 Å². The molecule has 2 aromatic rings. The molecule has 1 unspecified atom stereocenters. The number of hydrogen-bond acceptors (Lipinski definition) is 9. The predicted octanol–water partition coefficient (Wildman–Crippen LogP) is 1.91. The van der Waals surface area contributed by atoms with Crippen LogP contribution in [0, 0.1) is 0 Å². The zero-order valence-electron chi connectivity index (χ0n) is 20.4. The third-order valence-corrected chi connectivity index (χ3v) is 8.85. The van der Waals surface area contributed by atoms with E-state index < -0.39 is 38.1 Å². The SMILES string of the molecule is COCC(COCCC(=O)N1CCN2c3ncc(Cl)cc3OCC[Si]2C1)Oc1cn[nH]c(=O)c1C(F)(F)F. The van der Waals surface area contributed by atoms with Crippen LogP contribution in [0.2, 0.25) is 11.1 Å². The van der Waals surface area contributed by atoms with Gasteiger partial charge in [-0.05, 0) is 6.04 Å². The van der Waals surface area contributed by atoms with Crippen molar-refractivity contribution in [1.82, 2.24) is 20.1 Å². The maximum atomic E-state index is 13.3. The molecule has 1 radical (unpaired) electrons. The van der Waals surface area contributed by atoms with Crippen molar-refractivity contribution in [3.05, 3.63) is 39.4 Å². The number of anilines is 1. The van der Waals surface area contributed by atoms with Crippen LogP contribution in [0.15, 0.2) is 23.3 Å². The molecule has 0 spiro atoms. The predicted molar refractivity (Wildman–Crippen MR) is 131 cm³/mol. The van der Waals surface area contributed by atoms with Crippen LogP contribution in [0.4, 0.5) is 19.0 Å². The second-order valence-electron chi connectivity index (χ2n) is 8.56. The van der Waals surface area contributed by atoms with Crippen LogP contribution in [0.1, 0.15) is 12.0 Å². The Balaban J connectivity index is 1.28. The standard InChI is InChI=1S/C22H26ClF3N5O6Si/c1-34-11-15(37-17-10-28-29-21(33)19(17)22(24,25)26)12-35-5-2-18(32)30-3-4-31-20-16(8-14(23)9-27-20)36-6-7-38(31)13-30/h8-10,15H,2-7,11-13H2,1H3,(H,29,33). The first-order chi connectivity index (χ1) is 18.2. The normalized spacial score (nSPS) is 16.8. The van der Waals surface area contributed by atoms with Gasteiger partial charge < -0.3 is 28.4 Å². The Morgan fingerprint density at radius 2 is 2.13 bits per heavy atom. The van der Waals surface area contributed by atoms with E-state index in [9.17, 15) is 22.8 Å². The van der Waals surface area contributed by atoms with Gasteiger partial charge in [-0.2, -0.15) is 18.3 Å². The van der Waals surface area contributed by atoms with E-state index in [2.05, 4.69) is 14.6 Å². The molecule has 2 aromatic heterocycles. The largest absolute Gasteiger partial charge is 0.490 e. The number of amides is 1. The Kier molecular flexibility index (Phi) is 9.12. The molecule has 38 heavy (non-hydrogen) atoms. The Bertz CT molecular complexity index is 1190. The van der Waals surface area contributed by atoms with Gasteiger partial charge in [0.2, 0.25) is 5.91 Å². The lowest BCUT2D eigenvalue weighted by Gasteiger charge is -2.40. The smallest absolute Gasteiger partial charge is 0.425 e. The van der Waals surface area contributed by atoms with Crippen LogP contribution in [0.25, 0.3) is 0 Å². The van der Waals surface area contributed by atoms with E-state index in [1.807, 2.05) is 0 Å². The van der Waals surface area contributed by atoms with Gasteiger partial charge in [0, 0.05) is 38.6 Å². The van der Waals surface area contributed by atoms with Crippen molar-refractivity contribution in [2.45, 2.75) is 24.7 Å². The molecular weight excluding hydrogens is 551 g/mol. The van der Waals surface area contributed by atoms with Crippen LogP contribution in [0.3, 0.4) is 0 Å². The molecule has 1 saturated heterocycles. The number of rotatable bonds is 9. The number of methoxy groups -OCH3 is 1. The van der Waals surface area contributed by atoms with E-state index >= 15 is 0 Å². The number of ether oxygens (including phenoxy) is 4. The van der Waals surface area contributed by atoms with Gasteiger partial charge >= 0.3 is 6.18 Å². The summed E-state index contributed by atoms with van der Waals surface area (Å²) < 4.78 is 63.8. The lowest BCUT2D eigenvalue weighted by Crippen LogP contribution is -2.58. The number of fused-ring (bicyclic) bond motifs is 3. The zero-order chi connectivity index (χ0) is 27.3. The molecule has 1 amide bonds. The molecule has 11 nitrogen and oxygen atoms in total. The van der Waals surface area contributed by atoms with Crippen LogP contribution < -0.4 is 19.6 Å². The first kappa shape index (κ1) is 28.1. The monoisotopic (exact) mass is 576 g/mol. The highest BCUT2D eigenvalue weighted by molar-refractivity contribution is 6.64. The highest BCUT2D eigenvalue weighted by Crippen LogP contribution is 2.34. The lowest BCUT2D eigenvalue weighted by molar-refractivity contribution is -0.141. The zero-order valence-corrected chi connectivity index (χ0v) is 22.2. The van der Waals surface area contributed by atoms with Gasteiger partial charge in [0.15, 0.2) is 31.8 Å². The van der Waals surface area contributed by atoms with Gasteiger partial charge in [-0.1, -0.05) is 11.6 Å². The van der Waals surface area contributed by atoms with Crippen molar-refractivity contribution in [2.75, 3.05) is 57.4 Å². The summed E-state index contributed by atoms with van der Waals surface area (Å²) in [4.78, 5) is 30.8. The molecule has 0 bridgehead atoms. The molecule has 0 saturated carbocycles. The number of halogens is 4. The van der Waals surface area contributed by atoms with E-state index in [-0.39, 0.29) is 32.1 Å². The molecule has 2 aliphatic rings. The average Bonchev–Trinajstić information content (AvgIpc) is 3.04. The minimum absolute atomic E-state index is 0.0381. The second-order valence-corrected chi connectivity index (χ2v) is 11.5. The van der Waals surface area contributed by atoms with E-state index in [0.717, 1.165) is 18.1 Å². The number of aromatic nitrogens is 3. The Morgan fingerprint density at radius 3 is 2.89 bits per heavy atom. The summed E-state index contributed by atoms with van der Waals surface area (Å²) >= 11 is 6.04. The number of carbonyl (C=O) groups excluding carboxylic acids is 1. The van der Waals surface area contributed by atoms with Crippen LogP contribution in [-0.4, -0.2) is 93.8 Å². The summed E-state index contributed by atoms with van der Waals surface area (Å²) in [6.07, 6.45) is -2.84. The van der Waals surface area contributed by atoms with Crippen LogP contribution in [-0.2, 0) is 20.4 Å². The maximum Gasteiger partial charge on any atom is 0.425 e. The first-order valence-electron chi connectivity index (χ1n) is 11.7. The Hall–Kier alpha value is -2.88. The number of aromatic amines is 1. The number of alkyl halides is 3. The quantitative estimate of drug-likeness (QED) is 0.353. The summed E-state index contributed by atoms with van der Waals surface area (Å²) in [7, 11) is 0.209. The van der Waals surface area contributed by atoms with E-state index in [0.29, 0.717) is 36.6 Å². The second kappa shape index (κ2) is 12.3. The van der Waals surface area contributed by atoms with Crippen molar-refractivity contribution >= 4 is 32.3 Å². The highest BCUT2D eigenvalue weighted by Gasteiger charge is 2.39.